The number of hydrogen-bond acceptors (Lipinski definition) is 5. The van der Waals surface area contributed by atoms with Crippen molar-refractivity contribution in [3.63, 3.8) is 0 Å². The Hall–Kier alpha value is -0.720. The van der Waals surface area contributed by atoms with Gasteiger partial charge in [-0.05, 0) is 34.3 Å². The molecular weight excluding hydrogens is 322 g/mol. The third-order valence-corrected chi connectivity index (χ3v) is 4.88. The van der Waals surface area contributed by atoms with E-state index in [0.717, 1.165) is 20.1 Å². The van der Waals surface area contributed by atoms with Crippen molar-refractivity contribution < 1.29 is 9.53 Å². The molecule has 90 valence electrons. The van der Waals surface area contributed by atoms with Crippen LogP contribution in [0.5, 0.6) is 0 Å². The van der Waals surface area contributed by atoms with Gasteiger partial charge >= 0.3 is 5.97 Å². The molecule has 0 saturated heterocycles. The Labute approximate surface area is 116 Å². The lowest BCUT2D eigenvalue weighted by Gasteiger charge is -1.98. The number of ether oxygens (including phenoxy) is 1. The number of thiophene rings is 1. The molecule has 6 heteroatoms. The zero-order chi connectivity index (χ0) is 12.3. The van der Waals surface area contributed by atoms with Crippen LogP contribution >= 0.6 is 38.6 Å². The van der Waals surface area contributed by atoms with E-state index in [0.29, 0.717) is 6.61 Å². The molecule has 2 rings (SSSR count). The number of carbonyl (C=O) groups excluding carboxylic acids is 1. The van der Waals surface area contributed by atoms with Crippen LogP contribution < -0.4 is 0 Å². The van der Waals surface area contributed by atoms with E-state index in [-0.39, 0.29) is 12.4 Å². The van der Waals surface area contributed by atoms with Gasteiger partial charge in [-0.25, -0.2) is 4.98 Å². The zero-order valence-electron chi connectivity index (χ0n) is 9.10. The van der Waals surface area contributed by atoms with E-state index in [1.807, 2.05) is 16.8 Å². The number of carbonyl (C=O) groups is 1. The Bertz CT molecular complexity index is 521. The van der Waals surface area contributed by atoms with E-state index in [1.54, 1.807) is 29.6 Å². The number of aromatic nitrogens is 1. The largest absolute Gasteiger partial charge is 0.466 e. The maximum Gasteiger partial charge on any atom is 0.311 e. The topological polar surface area (TPSA) is 39.2 Å². The summed E-state index contributed by atoms with van der Waals surface area (Å²) >= 11 is 6.65. The van der Waals surface area contributed by atoms with Gasteiger partial charge in [0.05, 0.1) is 23.6 Å². The number of nitrogens with zero attached hydrogens (tertiary/aromatic N) is 1. The number of hydrogen-bond donors (Lipinski definition) is 0. The summed E-state index contributed by atoms with van der Waals surface area (Å²) in [7, 11) is 0. The van der Waals surface area contributed by atoms with Crippen LogP contribution in [0.15, 0.2) is 21.3 Å². The molecule has 0 saturated carbocycles. The lowest BCUT2D eigenvalue weighted by Crippen LogP contribution is -2.07. The molecule has 2 aromatic heterocycles. The van der Waals surface area contributed by atoms with E-state index < -0.39 is 0 Å². The summed E-state index contributed by atoms with van der Waals surface area (Å²) < 4.78 is 5.93. The number of esters is 1. The molecule has 2 heterocycles. The van der Waals surface area contributed by atoms with Crippen molar-refractivity contribution in [2.24, 2.45) is 0 Å². The van der Waals surface area contributed by atoms with Gasteiger partial charge in [0.15, 0.2) is 0 Å². The molecule has 0 aliphatic heterocycles. The highest BCUT2D eigenvalue weighted by Gasteiger charge is 2.12. The van der Waals surface area contributed by atoms with Gasteiger partial charge in [-0.2, -0.15) is 0 Å². The summed E-state index contributed by atoms with van der Waals surface area (Å²) in [4.78, 5) is 16.8. The summed E-state index contributed by atoms with van der Waals surface area (Å²) in [6, 6.07) is 1.99. The van der Waals surface area contributed by atoms with Crippen molar-refractivity contribution in [3.05, 3.63) is 27.0 Å². The second-order valence-electron chi connectivity index (χ2n) is 3.22. The molecule has 0 aliphatic rings. The standard InChI is InChI=1S/C11H10BrNO2S2/c1-2-15-9(14)5-7-6-17-11(13-7)10-8(12)3-4-16-10/h3-4,6H,2,5H2,1H3. The lowest BCUT2D eigenvalue weighted by atomic mass is 10.3. The number of halogens is 1. The molecule has 17 heavy (non-hydrogen) atoms. The molecule has 0 aliphatic carbocycles. The summed E-state index contributed by atoms with van der Waals surface area (Å²) in [6.45, 7) is 2.21. The number of rotatable bonds is 4. The first-order valence-electron chi connectivity index (χ1n) is 5.04. The van der Waals surface area contributed by atoms with Crippen LogP contribution in [0.2, 0.25) is 0 Å². The van der Waals surface area contributed by atoms with Crippen LogP contribution in [-0.4, -0.2) is 17.6 Å². The molecule has 0 unspecified atom stereocenters. The Balaban J connectivity index is 2.11. The first kappa shape index (κ1) is 12.7. The summed E-state index contributed by atoms with van der Waals surface area (Å²) in [5, 5.41) is 4.84. The Morgan fingerprint density at radius 2 is 2.35 bits per heavy atom. The molecule has 0 spiro atoms. The minimum Gasteiger partial charge on any atom is -0.466 e. The van der Waals surface area contributed by atoms with Crippen molar-refractivity contribution in [1.29, 1.82) is 0 Å². The van der Waals surface area contributed by atoms with Gasteiger partial charge in [0.25, 0.3) is 0 Å². The third-order valence-electron chi connectivity index (χ3n) is 1.99. The maximum absolute atomic E-state index is 11.3. The molecular formula is C11H10BrNO2S2. The Kier molecular flexibility index (Phi) is 4.31. The highest BCUT2D eigenvalue weighted by atomic mass is 79.9. The van der Waals surface area contributed by atoms with Gasteiger partial charge < -0.3 is 4.74 Å². The molecule has 3 nitrogen and oxygen atoms in total. The van der Waals surface area contributed by atoms with Crippen LogP contribution in [0.3, 0.4) is 0 Å². The summed E-state index contributed by atoms with van der Waals surface area (Å²) in [5.74, 6) is -0.227. The van der Waals surface area contributed by atoms with E-state index in [2.05, 4.69) is 20.9 Å². The van der Waals surface area contributed by atoms with E-state index in [9.17, 15) is 4.79 Å². The highest BCUT2D eigenvalue weighted by molar-refractivity contribution is 9.10. The van der Waals surface area contributed by atoms with Crippen molar-refractivity contribution in [2.75, 3.05) is 6.61 Å². The van der Waals surface area contributed by atoms with Crippen molar-refractivity contribution in [2.45, 2.75) is 13.3 Å². The average Bonchev–Trinajstić information content (AvgIpc) is 2.87. The van der Waals surface area contributed by atoms with Crippen LogP contribution in [0.1, 0.15) is 12.6 Å². The van der Waals surface area contributed by atoms with E-state index in [1.165, 1.54) is 0 Å². The van der Waals surface area contributed by atoms with Crippen molar-refractivity contribution >= 4 is 44.6 Å². The van der Waals surface area contributed by atoms with Gasteiger partial charge in [-0.1, -0.05) is 0 Å². The molecule has 0 amide bonds. The zero-order valence-corrected chi connectivity index (χ0v) is 12.3. The highest BCUT2D eigenvalue weighted by Crippen LogP contribution is 2.35. The van der Waals surface area contributed by atoms with Crippen molar-refractivity contribution in [3.8, 4) is 9.88 Å². The second-order valence-corrected chi connectivity index (χ2v) is 5.85. The van der Waals surface area contributed by atoms with E-state index in [4.69, 9.17) is 4.74 Å². The lowest BCUT2D eigenvalue weighted by molar-refractivity contribution is -0.142. The van der Waals surface area contributed by atoms with E-state index >= 15 is 0 Å². The minimum absolute atomic E-state index is 0.227. The monoisotopic (exact) mass is 331 g/mol. The molecule has 0 fully saturated rings. The predicted octanol–water partition coefficient (Wildman–Crippen LogP) is 3.74. The van der Waals surface area contributed by atoms with Crippen LogP contribution in [0.4, 0.5) is 0 Å². The Morgan fingerprint density at radius 1 is 1.53 bits per heavy atom. The van der Waals surface area contributed by atoms with Gasteiger partial charge in [0.1, 0.15) is 5.01 Å². The summed E-state index contributed by atoms with van der Waals surface area (Å²) in [6.07, 6.45) is 0.243. The fourth-order valence-corrected chi connectivity index (χ4v) is 3.93. The second kappa shape index (κ2) is 5.75. The SMILES string of the molecule is CCOC(=O)Cc1csc(-c2sccc2Br)n1. The molecule has 0 N–H and O–H groups in total. The maximum atomic E-state index is 11.3. The quantitative estimate of drug-likeness (QED) is 0.801. The normalized spacial score (nSPS) is 10.5. The molecule has 0 aromatic carbocycles. The smallest absolute Gasteiger partial charge is 0.311 e. The molecule has 2 aromatic rings. The molecule has 0 atom stereocenters. The molecule has 0 bridgehead atoms. The van der Waals surface area contributed by atoms with Crippen LogP contribution in [-0.2, 0) is 16.0 Å². The fourth-order valence-electron chi connectivity index (χ4n) is 1.30. The number of thiazole rings is 1. The Morgan fingerprint density at radius 3 is 3.00 bits per heavy atom. The van der Waals surface area contributed by atoms with Gasteiger partial charge in [-0.15, -0.1) is 22.7 Å². The third kappa shape index (κ3) is 3.14. The summed E-state index contributed by atoms with van der Waals surface area (Å²) in [5.41, 5.74) is 0.767. The average molecular weight is 332 g/mol. The van der Waals surface area contributed by atoms with Gasteiger partial charge in [0, 0.05) is 9.85 Å². The predicted molar refractivity (Wildman–Crippen MR) is 73.5 cm³/mol. The first-order valence-corrected chi connectivity index (χ1v) is 7.59. The van der Waals surface area contributed by atoms with Crippen LogP contribution in [0, 0.1) is 0 Å². The van der Waals surface area contributed by atoms with Gasteiger partial charge in [-0.3, -0.25) is 4.79 Å². The van der Waals surface area contributed by atoms with Gasteiger partial charge in [0.2, 0.25) is 0 Å². The minimum atomic E-state index is -0.227. The first-order chi connectivity index (χ1) is 8.20. The molecule has 0 radical (unpaired) electrons. The van der Waals surface area contributed by atoms with Crippen molar-refractivity contribution in [1.82, 2.24) is 4.98 Å². The van der Waals surface area contributed by atoms with Crippen LogP contribution in [0.25, 0.3) is 9.88 Å². The fraction of sp³-hybridized carbons (Fsp3) is 0.273.